The van der Waals surface area contributed by atoms with Gasteiger partial charge in [-0.2, -0.15) is 11.8 Å². The van der Waals surface area contributed by atoms with E-state index in [1.54, 1.807) is 0 Å². The molecule has 0 radical (unpaired) electrons. The van der Waals surface area contributed by atoms with Crippen LogP contribution in [0.15, 0.2) is 24.3 Å². The molecule has 28 heavy (non-hydrogen) atoms. The Morgan fingerprint density at radius 2 is 2.07 bits per heavy atom. The Labute approximate surface area is 178 Å². The molecule has 1 N–H and O–H groups in total. The highest BCUT2D eigenvalue weighted by atomic mass is 35.5. The number of rotatable bonds is 5. The number of nitrogens with one attached hydrogen (secondary N) is 1. The summed E-state index contributed by atoms with van der Waals surface area (Å²) in [7, 11) is 0. The van der Waals surface area contributed by atoms with Gasteiger partial charge < -0.3 is 10.1 Å². The maximum Gasteiger partial charge on any atom is 0.263 e. The second kappa shape index (κ2) is 8.71. The van der Waals surface area contributed by atoms with Gasteiger partial charge in [-0.1, -0.05) is 23.7 Å². The van der Waals surface area contributed by atoms with Gasteiger partial charge in [0.2, 0.25) is 0 Å². The minimum atomic E-state index is -0.0280. The molecule has 3 heterocycles. The van der Waals surface area contributed by atoms with Gasteiger partial charge in [-0.05, 0) is 31.2 Å². The van der Waals surface area contributed by atoms with Crippen LogP contribution in [0.4, 0.5) is 0 Å². The lowest BCUT2D eigenvalue weighted by Crippen LogP contribution is -2.59. The van der Waals surface area contributed by atoms with Crippen LogP contribution in [0.25, 0.3) is 10.6 Å². The lowest BCUT2D eigenvalue weighted by molar-refractivity contribution is -0.0129. The number of carbonyl (C=O) groups is 1. The highest BCUT2D eigenvalue weighted by molar-refractivity contribution is 7.99. The van der Waals surface area contributed by atoms with E-state index in [4.69, 9.17) is 16.3 Å². The van der Waals surface area contributed by atoms with Crippen LogP contribution in [0.3, 0.4) is 0 Å². The summed E-state index contributed by atoms with van der Waals surface area (Å²) in [5, 5.41) is 4.75. The molecule has 2 fully saturated rings. The highest BCUT2D eigenvalue weighted by Gasteiger charge is 2.41. The number of thiazole rings is 1. The molecule has 0 aliphatic carbocycles. The van der Waals surface area contributed by atoms with Crippen LogP contribution in [-0.2, 0) is 4.74 Å². The summed E-state index contributed by atoms with van der Waals surface area (Å²) in [4.78, 5) is 20.7. The Kier molecular flexibility index (Phi) is 6.27. The summed E-state index contributed by atoms with van der Waals surface area (Å²) in [6, 6.07) is 7.56. The van der Waals surface area contributed by atoms with Gasteiger partial charge in [-0.3, -0.25) is 9.69 Å². The third-order valence-electron chi connectivity index (χ3n) is 5.44. The van der Waals surface area contributed by atoms with Crippen molar-refractivity contribution in [1.29, 1.82) is 0 Å². The van der Waals surface area contributed by atoms with Crippen molar-refractivity contribution in [3.8, 4) is 10.6 Å². The van der Waals surface area contributed by atoms with Gasteiger partial charge in [-0.25, -0.2) is 4.98 Å². The van der Waals surface area contributed by atoms with E-state index in [0.717, 1.165) is 60.5 Å². The number of amides is 1. The third kappa shape index (κ3) is 4.24. The molecule has 1 aromatic carbocycles. The number of thioether (sulfide) groups is 1. The van der Waals surface area contributed by atoms with Crippen LogP contribution in [0.5, 0.6) is 0 Å². The number of aromatic nitrogens is 1. The quantitative estimate of drug-likeness (QED) is 0.772. The largest absolute Gasteiger partial charge is 0.379 e. The van der Waals surface area contributed by atoms with Crippen molar-refractivity contribution in [3.05, 3.63) is 39.9 Å². The summed E-state index contributed by atoms with van der Waals surface area (Å²) in [6.07, 6.45) is 1.11. The minimum absolute atomic E-state index is 0.0280. The number of benzene rings is 1. The molecule has 1 atom stereocenters. The fraction of sp³-hybridized carbons (Fsp3) is 0.500. The van der Waals surface area contributed by atoms with Crippen LogP contribution in [0.2, 0.25) is 5.02 Å². The first-order valence-corrected chi connectivity index (χ1v) is 11.8. The van der Waals surface area contributed by atoms with E-state index in [9.17, 15) is 4.79 Å². The predicted molar refractivity (Wildman–Crippen MR) is 117 cm³/mol. The van der Waals surface area contributed by atoms with E-state index in [1.807, 2.05) is 43.0 Å². The molecule has 0 bridgehead atoms. The fourth-order valence-corrected chi connectivity index (χ4v) is 6.37. The van der Waals surface area contributed by atoms with Crippen molar-refractivity contribution >= 4 is 40.6 Å². The molecular weight excluding hydrogens is 414 g/mol. The number of hydrogen-bond donors (Lipinski definition) is 1. The molecule has 150 valence electrons. The first kappa shape index (κ1) is 20.2. The molecule has 5 nitrogen and oxygen atoms in total. The van der Waals surface area contributed by atoms with Gasteiger partial charge in [-0.15, -0.1) is 11.3 Å². The first-order chi connectivity index (χ1) is 13.6. The number of hydrogen-bond acceptors (Lipinski definition) is 6. The average molecular weight is 438 g/mol. The Morgan fingerprint density at radius 3 is 2.75 bits per heavy atom. The standard InChI is InChI=1S/C20H24ClN3O2S2/c1-14-17(28-19(23-14)15-2-4-16(21)5-3-15)18(25)22-12-20(6-11-27-13-20)24-7-9-26-10-8-24/h2-5H,6-13H2,1H3,(H,22,25). The van der Waals surface area contributed by atoms with Gasteiger partial charge in [0.25, 0.3) is 5.91 Å². The molecule has 1 aromatic heterocycles. The molecule has 4 rings (SSSR count). The van der Waals surface area contributed by atoms with Crippen molar-refractivity contribution in [3.63, 3.8) is 0 Å². The van der Waals surface area contributed by atoms with Crippen molar-refractivity contribution < 1.29 is 9.53 Å². The third-order valence-corrected chi connectivity index (χ3v) is 8.13. The monoisotopic (exact) mass is 437 g/mol. The predicted octanol–water partition coefficient (Wildman–Crippen LogP) is 3.71. The molecule has 2 aliphatic heterocycles. The topological polar surface area (TPSA) is 54.5 Å². The maximum absolute atomic E-state index is 12.9. The Bertz CT molecular complexity index is 828. The van der Waals surface area contributed by atoms with Crippen LogP contribution in [0, 0.1) is 6.92 Å². The molecule has 0 spiro atoms. The van der Waals surface area contributed by atoms with Gasteiger partial charge in [0, 0.05) is 41.5 Å². The summed E-state index contributed by atoms with van der Waals surface area (Å²) in [5.41, 5.74) is 1.80. The summed E-state index contributed by atoms with van der Waals surface area (Å²) < 4.78 is 5.52. The molecule has 1 unspecified atom stereocenters. The number of carbonyl (C=O) groups excluding carboxylic acids is 1. The number of morpholine rings is 1. The van der Waals surface area contributed by atoms with E-state index in [-0.39, 0.29) is 11.4 Å². The van der Waals surface area contributed by atoms with Crippen molar-refractivity contribution in [1.82, 2.24) is 15.2 Å². The number of nitrogens with zero attached hydrogens (tertiary/aromatic N) is 2. The number of ether oxygens (including phenoxy) is 1. The van der Waals surface area contributed by atoms with Crippen molar-refractivity contribution in [2.24, 2.45) is 0 Å². The summed E-state index contributed by atoms with van der Waals surface area (Å²) in [6.45, 7) is 6.01. The van der Waals surface area contributed by atoms with Crippen LogP contribution in [0.1, 0.15) is 21.8 Å². The molecular formula is C20H24ClN3O2S2. The fourth-order valence-electron chi connectivity index (χ4n) is 3.78. The van der Waals surface area contributed by atoms with E-state index in [0.29, 0.717) is 16.4 Å². The zero-order valence-electron chi connectivity index (χ0n) is 15.9. The molecule has 1 amide bonds. The van der Waals surface area contributed by atoms with Crippen molar-refractivity contribution in [2.45, 2.75) is 18.9 Å². The molecule has 8 heteroatoms. The van der Waals surface area contributed by atoms with E-state index in [2.05, 4.69) is 15.2 Å². The maximum atomic E-state index is 12.9. The van der Waals surface area contributed by atoms with Gasteiger partial charge in [0.05, 0.1) is 18.9 Å². The van der Waals surface area contributed by atoms with Gasteiger partial charge in [0.15, 0.2) is 0 Å². The second-order valence-electron chi connectivity index (χ2n) is 7.25. The summed E-state index contributed by atoms with van der Waals surface area (Å²) >= 11 is 9.38. The average Bonchev–Trinajstić information content (AvgIpc) is 3.35. The lowest BCUT2D eigenvalue weighted by atomic mass is 9.95. The number of aryl methyl sites for hydroxylation is 1. The van der Waals surface area contributed by atoms with Crippen LogP contribution in [-0.4, -0.2) is 65.7 Å². The molecule has 0 saturated carbocycles. The molecule has 2 saturated heterocycles. The molecule has 2 aromatic rings. The number of halogens is 1. The Morgan fingerprint density at radius 1 is 1.32 bits per heavy atom. The van der Waals surface area contributed by atoms with E-state index in [1.165, 1.54) is 11.3 Å². The second-order valence-corrected chi connectivity index (χ2v) is 9.79. The first-order valence-electron chi connectivity index (χ1n) is 9.49. The Hall–Kier alpha value is -1.12. The zero-order chi connectivity index (χ0) is 19.6. The minimum Gasteiger partial charge on any atom is -0.379 e. The van der Waals surface area contributed by atoms with Crippen LogP contribution >= 0.6 is 34.7 Å². The summed E-state index contributed by atoms with van der Waals surface area (Å²) in [5.74, 6) is 2.18. The SMILES string of the molecule is Cc1nc(-c2ccc(Cl)cc2)sc1C(=O)NCC1(N2CCOCC2)CCSC1. The van der Waals surface area contributed by atoms with Gasteiger partial charge in [0.1, 0.15) is 9.88 Å². The molecule has 2 aliphatic rings. The normalized spacial score (nSPS) is 23.1. The lowest BCUT2D eigenvalue weighted by Gasteiger charge is -2.43. The van der Waals surface area contributed by atoms with E-state index >= 15 is 0 Å². The Balaban J connectivity index is 1.46. The highest BCUT2D eigenvalue weighted by Crippen LogP contribution is 2.34. The zero-order valence-corrected chi connectivity index (χ0v) is 18.3. The van der Waals surface area contributed by atoms with Crippen molar-refractivity contribution in [2.75, 3.05) is 44.4 Å². The smallest absolute Gasteiger partial charge is 0.263 e. The van der Waals surface area contributed by atoms with Crippen LogP contribution < -0.4 is 5.32 Å². The van der Waals surface area contributed by atoms with Gasteiger partial charge >= 0.3 is 0 Å². The van der Waals surface area contributed by atoms with E-state index < -0.39 is 0 Å².